The molecule has 0 aromatic heterocycles. The number of rotatable bonds is 8. The Bertz CT molecular complexity index is 917. The SMILES string of the molecule is CNC(=O)[C@H]1[C@@H]2OC3(CC2Br)C(C(=O)Nc2ccccc2Cl)N(CCCCCO)C(=O)[C@H]13. The molecule has 0 radical (unpaired) electrons. The lowest BCUT2D eigenvalue weighted by Crippen LogP contribution is -2.54. The number of alkyl halides is 1. The number of hydrogen-bond acceptors (Lipinski definition) is 5. The fourth-order valence-electron chi connectivity index (χ4n) is 5.47. The minimum absolute atomic E-state index is 0.0751. The molecule has 174 valence electrons. The lowest BCUT2D eigenvalue weighted by Gasteiger charge is -2.34. The average Bonchev–Trinajstić information content (AvgIpc) is 3.36. The van der Waals surface area contributed by atoms with Gasteiger partial charge in [-0.3, -0.25) is 14.4 Å². The summed E-state index contributed by atoms with van der Waals surface area (Å²) >= 11 is 9.86. The van der Waals surface area contributed by atoms with Gasteiger partial charge in [0.2, 0.25) is 17.7 Å². The van der Waals surface area contributed by atoms with Gasteiger partial charge in [-0.15, -0.1) is 0 Å². The summed E-state index contributed by atoms with van der Waals surface area (Å²) in [6.07, 6.45) is 1.96. The van der Waals surface area contributed by atoms with E-state index in [1.807, 2.05) is 0 Å². The Kier molecular flexibility index (Phi) is 6.81. The number of anilines is 1. The van der Waals surface area contributed by atoms with Crippen LogP contribution in [0.5, 0.6) is 0 Å². The zero-order valence-corrected chi connectivity index (χ0v) is 20.1. The van der Waals surface area contributed by atoms with E-state index in [1.165, 1.54) is 7.05 Å². The van der Waals surface area contributed by atoms with Crippen molar-refractivity contribution in [3.63, 3.8) is 0 Å². The van der Waals surface area contributed by atoms with Crippen LogP contribution in [0.3, 0.4) is 0 Å². The Morgan fingerprint density at radius 3 is 2.72 bits per heavy atom. The van der Waals surface area contributed by atoms with Crippen molar-refractivity contribution in [2.75, 3.05) is 25.5 Å². The monoisotopic (exact) mass is 527 g/mol. The average molecular weight is 529 g/mol. The molecule has 3 aliphatic heterocycles. The molecular formula is C22H27BrClN3O5. The van der Waals surface area contributed by atoms with Crippen LogP contribution in [0.25, 0.3) is 0 Å². The van der Waals surface area contributed by atoms with Gasteiger partial charge < -0.3 is 25.4 Å². The molecule has 3 unspecified atom stereocenters. The summed E-state index contributed by atoms with van der Waals surface area (Å²) in [6.45, 7) is 0.421. The molecule has 0 saturated carbocycles. The van der Waals surface area contributed by atoms with Crippen molar-refractivity contribution in [1.82, 2.24) is 10.2 Å². The molecule has 10 heteroatoms. The van der Waals surface area contributed by atoms with Crippen LogP contribution in [0.2, 0.25) is 5.02 Å². The second-order valence-corrected chi connectivity index (χ2v) is 10.1. The highest BCUT2D eigenvalue weighted by molar-refractivity contribution is 9.09. The summed E-state index contributed by atoms with van der Waals surface area (Å²) < 4.78 is 6.36. The lowest BCUT2D eigenvalue weighted by atomic mass is 9.70. The molecule has 3 N–H and O–H groups in total. The highest BCUT2D eigenvalue weighted by atomic mass is 79.9. The van der Waals surface area contributed by atoms with E-state index >= 15 is 0 Å². The second-order valence-electron chi connectivity index (χ2n) is 8.56. The number of hydrogen-bond donors (Lipinski definition) is 3. The molecule has 1 aromatic carbocycles. The van der Waals surface area contributed by atoms with Gasteiger partial charge in [-0.1, -0.05) is 39.7 Å². The van der Waals surface area contributed by atoms with Crippen LogP contribution in [-0.4, -0.2) is 70.5 Å². The van der Waals surface area contributed by atoms with Crippen molar-refractivity contribution in [3.05, 3.63) is 29.3 Å². The fourth-order valence-corrected chi connectivity index (χ4v) is 6.60. The van der Waals surface area contributed by atoms with Crippen LogP contribution in [0, 0.1) is 11.8 Å². The van der Waals surface area contributed by atoms with E-state index in [0.29, 0.717) is 36.5 Å². The number of ether oxygens (including phenoxy) is 1. The van der Waals surface area contributed by atoms with Gasteiger partial charge in [-0.2, -0.15) is 0 Å². The van der Waals surface area contributed by atoms with Gasteiger partial charge >= 0.3 is 0 Å². The number of amides is 3. The fraction of sp³-hybridized carbons (Fsp3) is 0.591. The number of nitrogens with one attached hydrogen (secondary N) is 2. The van der Waals surface area contributed by atoms with E-state index in [-0.39, 0.29) is 29.2 Å². The third kappa shape index (κ3) is 3.73. The highest BCUT2D eigenvalue weighted by Crippen LogP contribution is 2.60. The van der Waals surface area contributed by atoms with E-state index in [9.17, 15) is 14.4 Å². The van der Waals surface area contributed by atoms with Crippen molar-refractivity contribution in [2.45, 2.75) is 48.3 Å². The number of unbranched alkanes of at least 4 members (excludes halogenated alkanes) is 2. The van der Waals surface area contributed by atoms with Crippen LogP contribution in [-0.2, 0) is 19.1 Å². The number of aliphatic hydroxyl groups excluding tert-OH is 1. The number of halogens is 2. The quantitative estimate of drug-likeness (QED) is 0.353. The number of likely N-dealkylation sites (tertiary alicyclic amines) is 1. The van der Waals surface area contributed by atoms with Gasteiger partial charge in [0.15, 0.2) is 0 Å². The van der Waals surface area contributed by atoms with Crippen molar-refractivity contribution < 1.29 is 24.2 Å². The molecule has 32 heavy (non-hydrogen) atoms. The summed E-state index contributed by atoms with van der Waals surface area (Å²) in [5.41, 5.74) is -0.632. The van der Waals surface area contributed by atoms with Gasteiger partial charge in [-0.25, -0.2) is 0 Å². The van der Waals surface area contributed by atoms with Crippen LogP contribution < -0.4 is 10.6 Å². The predicted molar refractivity (Wildman–Crippen MR) is 123 cm³/mol. The van der Waals surface area contributed by atoms with Crippen molar-refractivity contribution in [1.29, 1.82) is 0 Å². The van der Waals surface area contributed by atoms with E-state index in [4.69, 9.17) is 21.4 Å². The first-order chi connectivity index (χ1) is 15.4. The third-order valence-corrected chi connectivity index (χ3v) is 7.95. The smallest absolute Gasteiger partial charge is 0.250 e. The highest BCUT2D eigenvalue weighted by Gasteiger charge is 2.76. The topological polar surface area (TPSA) is 108 Å². The first-order valence-electron chi connectivity index (χ1n) is 10.9. The molecule has 2 bridgehead atoms. The van der Waals surface area contributed by atoms with Gasteiger partial charge in [0, 0.05) is 25.0 Å². The summed E-state index contributed by atoms with van der Waals surface area (Å²) in [7, 11) is 1.54. The zero-order valence-electron chi connectivity index (χ0n) is 17.7. The summed E-state index contributed by atoms with van der Waals surface area (Å²) in [4.78, 5) is 41.3. The number of benzene rings is 1. The Labute approximate surface area is 200 Å². The van der Waals surface area contributed by atoms with E-state index < -0.39 is 29.6 Å². The van der Waals surface area contributed by atoms with Crippen LogP contribution in [0.1, 0.15) is 25.7 Å². The standard InChI is InChI=1S/C22H27BrClN3O5/c1-25-19(29)15-16-21(31)27(9-5-2-6-10-28)18(22(16)11-12(23)17(15)32-22)20(30)26-14-8-4-3-7-13(14)24/h3-4,7-8,12,15-18,28H,2,5-6,9-11H2,1H3,(H,25,29)(H,26,30)/t12?,15-,16+,17-,18?,22?/m1/s1. The number of fused-ring (bicyclic) bond motifs is 1. The van der Waals surface area contributed by atoms with Crippen LogP contribution in [0.15, 0.2) is 24.3 Å². The molecule has 3 amide bonds. The molecule has 1 aromatic rings. The zero-order chi connectivity index (χ0) is 23.0. The molecular weight excluding hydrogens is 502 g/mol. The van der Waals surface area contributed by atoms with Gasteiger partial charge in [0.25, 0.3) is 0 Å². The van der Waals surface area contributed by atoms with Crippen LogP contribution in [0.4, 0.5) is 5.69 Å². The van der Waals surface area contributed by atoms with E-state index in [1.54, 1.807) is 29.2 Å². The second kappa shape index (κ2) is 9.29. The Morgan fingerprint density at radius 1 is 1.28 bits per heavy atom. The molecule has 1 spiro atoms. The third-order valence-electron chi connectivity index (χ3n) is 6.78. The summed E-state index contributed by atoms with van der Waals surface area (Å²) in [5, 5.41) is 15.0. The summed E-state index contributed by atoms with van der Waals surface area (Å²) in [6, 6.07) is 6.03. The van der Waals surface area contributed by atoms with Crippen molar-refractivity contribution in [2.24, 2.45) is 11.8 Å². The molecule has 0 aliphatic carbocycles. The van der Waals surface area contributed by atoms with Crippen LogP contribution >= 0.6 is 27.5 Å². The molecule has 3 heterocycles. The molecule has 3 aliphatic rings. The minimum Gasteiger partial charge on any atom is -0.396 e. The maximum atomic E-state index is 13.6. The van der Waals surface area contributed by atoms with Crippen molar-refractivity contribution >= 4 is 50.9 Å². The molecule has 8 nitrogen and oxygen atoms in total. The number of nitrogens with zero attached hydrogens (tertiary/aromatic N) is 1. The first kappa shape index (κ1) is 23.5. The lowest BCUT2D eigenvalue weighted by molar-refractivity contribution is -0.140. The molecule has 3 fully saturated rings. The Morgan fingerprint density at radius 2 is 2.03 bits per heavy atom. The van der Waals surface area contributed by atoms with Gasteiger partial charge in [0.1, 0.15) is 11.6 Å². The minimum atomic E-state index is -1.09. The number of carbonyl (C=O) groups is 3. The molecule has 4 rings (SSSR count). The number of aliphatic hydroxyl groups is 1. The normalized spacial score (nSPS) is 32.8. The van der Waals surface area contributed by atoms with E-state index in [0.717, 1.165) is 6.42 Å². The maximum absolute atomic E-state index is 13.6. The van der Waals surface area contributed by atoms with Crippen molar-refractivity contribution in [3.8, 4) is 0 Å². The first-order valence-corrected chi connectivity index (χ1v) is 12.1. The number of para-hydroxylation sites is 1. The van der Waals surface area contributed by atoms with Gasteiger partial charge in [-0.05, 0) is 37.8 Å². The molecule has 3 saturated heterocycles. The number of carbonyl (C=O) groups excluding carboxylic acids is 3. The molecule has 6 atom stereocenters. The van der Waals surface area contributed by atoms with E-state index in [2.05, 4.69) is 26.6 Å². The Hall–Kier alpha value is -1.68. The predicted octanol–water partition coefficient (Wildman–Crippen LogP) is 1.94. The van der Waals surface area contributed by atoms with Gasteiger partial charge in [0.05, 0.1) is 28.6 Å². The largest absolute Gasteiger partial charge is 0.396 e. The maximum Gasteiger partial charge on any atom is 0.250 e. The Balaban J connectivity index is 1.68. The summed E-state index contributed by atoms with van der Waals surface area (Å²) in [5.74, 6) is -2.26.